The summed E-state index contributed by atoms with van der Waals surface area (Å²) in [5, 5.41) is 3.08. The van der Waals surface area contributed by atoms with Crippen molar-refractivity contribution in [1.29, 1.82) is 0 Å². The standard InChI is InChI=1S/C21H24N4O3.HI/c22-21(24-16-6-9-18-19(13-16)28-12-2-11-27-18)23-14-15-4-7-17(8-5-15)25-10-1-3-20(25)26;/h4-9,13H,1-3,10-12,14H2,(H3,22,23,24);1H. The summed E-state index contributed by atoms with van der Waals surface area (Å²) in [6.07, 6.45) is 2.42. The van der Waals surface area contributed by atoms with Crippen LogP contribution in [-0.2, 0) is 11.3 Å². The number of nitrogens with one attached hydrogen (secondary N) is 1. The molecule has 1 fully saturated rings. The first-order valence-corrected chi connectivity index (χ1v) is 9.55. The number of hydrogen-bond acceptors (Lipinski definition) is 4. The van der Waals surface area contributed by atoms with E-state index in [4.69, 9.17) is 15.2 Å². The van der Waals surface area contributed by atoms with Gasteiger partial charge in [-0.3, -0.25) is 4.79 Å². The van der Waals surface area contributed by atoms with Gasteiger partial charge in [0.05, 0.1) is 19.8 Å². The number of anilines is 2. The van der Waals surface area contributed by atoms with Gasteiger partial charge in [-0.15, -0.1) is 24.0 Å². The molecular formula is C21H25IN4O3. The number of halogens is 1. The van der Waals surface area contributed by atoms with Crippen LogP contribution in [0.25, 0.3) is 0 Å². The molecule has 7 nitrogen and oxygen atoms in total. The molecule has 0 unspecified atom stereocenters. The summed E-state index contributed by atoms with van der Waals surface area (Å²) in [6.45, 7) is 2.55. The van der Waals surface area contributed by atoms with Crippen LogP contribution in [0, 0.1) is 0 Å². The number of nitrogens with two attached hydrogens (primary N) is 1. The van der Waals surface area contributed by atoms with Crippen LogP contribution in [0.15, 0.2) is 47.5 Å². The quantitative estimate of drug-likeness (QED) is 0.375. The van der Waals surface area contributed by atoms with Crippen molar-refractivity contribution in [2.75, 3.05) is 30.0 Å². The molecule has 2 aliphatic heterocycles. The Morgan fingerprint density at radius 1 is 1.07 bits per heavy atom. The number of amides is 1. The molecule has 1 amide bonds. The first-order valence-electron chi connectivity index (χ1n) is 9.55. The van der Waals surface area contributed by atoms with Gasteiger partial charge in [-0.05, 0) is 36.2 Å². The number of hydrogen-bond donors (Lipinski definition) is 2. The fourth-order valence-electron chi connectivity index (χ4n) is 3.31. The van der Waals surface area contributed by atoms with Crippen LogP contribution in [0.5, 0.6) is 11.5 Å². The first-order chi connectivity index (χ1) is 13.7. The van der Waals surface area contributed by atoms with Crippen molar-refractivity contribution in [3.63, 3.8) is 0 Å². The minimum atomic E-state index is 0. The summed E-state index contributed by atoms with van der Waals surface area (Å²) in [7, 11) is 0. The molecule has 0 saturated carbocycles. The van der Waals surface area contributed by atoms with Crippen LogP contribution in [0.3, 0.4) is 0 Å². The van der Waals surface area contributed by atoms with Crippen molar-refractivity contribution < 1.29 is 14.3 Å². The molecule has 2 aliphatic rings. The minimum absolute atomic E-state index is 0. The van der Waals surface area contributed by atoms with E-state index in [1.807, 2.05) is 47.4 Å². The van der Waals surface area contributed by atoms with E-state index in [2.05, 4.69) is 10.3 Å². The van der Waals surface area contributed by atoms with E-state index in [0.717, 1.165) is 42.1 Å². The lowest BCUT2D eigenvalue weighted by molar-refractivity contribution is -0.117. The van der Waals surface area contributed by atoms with Gasteiger partial charge in [0.2, 0.25) is 5.91 Å². The summed E-state index contributed by atoms with van der Waals surface area (Å²) >= 11 is 0. The molecular weight excluding hydrogens is 483 g/mol. The van der Waals surface area contributed by atoms with E-state index in [9.17, 15) is 4.79 Å². The maximum absolute atomic E-state index is 11.8. The van der Waals surface area contributed by atoms with Gasteiger partial charge < -0.3 is 25.4 Å². The third kappa shape index (κ3) is 5.31. The first kappa shape index (κ1) is 21.2. The van der Waals surface area contributed by atoms with Crippen LogP contribution in [0.1, 0.15) is 24.8 Å². The van der Waals surface area contributed by atoms with Crippen molar-refractivity contribution in [2.45, 2.75) is 25.8 Å². The molecule has 2 aromatic rings. The van der Waals surface area contributed by atoms with Gasteiger partial charge in [-0.25, -0.2) is 4.99 Å². The Kier molecular flexibility index (Phi) is 7.18. The number of rotatable bonds is 4. The van der Waals surface area contributed by atoms with Crippen molar-refractivity contribution in [3.8, 4) is 11.5 Å². The summed E-state index contributed by atoms with van der Waals surface area (Å²) in [5.74, 6) is 1.97. The molecule has 1 saturated heterocycles. The Balaban J connectivity index is 0.00000240. The predicted octanol–water partition coefficient (Wildman–Crippen LogP) is 3.52. The van der Waals surface area contributed by atoms with Crippen LogP contribution in [0.4, 0.5) is 11.4 Å². The Bertz CT molecular complexity index is 886. The Morgan fingerprint density at radius 2 is 1.83 bits per heavy atom. The largest absolute Gasteiger partial charge is 0.490 e. The molecule has 2 heterocycles. The highest BCUT2D eigenvalue weighted by molar-refractivity contribution is 14.0. The number of aliphatic imine (C=N–C) groups is 1. The van der Waals surface area contributed by atoms with E-state index in [0.29, 0.717) is 37.9 Å². The Hall–Kier alpha value is -2.49. The molecule has 2 aromatic carbocycles. The molecule has 154 valence electrons. The molecule has 8 heteroatoms. The molecule has 29 heavy (non-hydrogen) atoms. The van der Waals surface area contributed by atoms with E-state index in [-0.39, 0.29) is 29.9 Å². The second-order valence-electron chi connectivity index (χ2n) is 6.85. The van der Waals surface area contributed by atoms with Crippen molar-refractivity contribution in [3.05, 3.63) is 48.0 Å². The number of carbonyl (C=O) groups is 1. The van der Waals surface area contributed by atoms with Gasteiger partial charge in [-0.2, -0.15) is 0 Å². The molecule has 0 atom stereocenters. The molecule has 0 radical (unpaired) electrons. The Labute approximate surface area is 187 Å². The Morgan fingerprint density at radius 3 is 2.55 bits per heavy atom. The third-order valence-corrected chi connectivity index (χ3v) is 4.77. The second kappa shape index (κ2) is 9.82. The monoisotopic (exact) mass is 508 g/mol. The maximum Gasteiger partial charge on any atom is 0.227 e. The molecule has 0 spiro atoms. The van der Waals surface area contributed by atoms with E-state index in [1.54, 1.807) is 0 Å². The van der Waals surface area contributed by atoms with Gasteiger partial charge in [0.1, 0.15) is 0 Å². The highest BCUT2D eigenvalue weighted by atomic mass is 127. The molecule has 3 N–H and O–H groups in total. The predicted molar refractivity (Wildman–Crippen MR) is 124 cm³/mol. The summed E-state index contributed by atoms with van der Waals surface area (Å²) in [4.78, 5) is 18.0. The maximum atomic E-state index is 11.8. The van der Waals surface area contributed by atoms with Crippen molar-refractivity contribution >= 4 is 47.2 Å². The summed E-state index contributed by atoms with van der Waals surface area (Å²) < 4.78 is 11.3. The highest BCUT2D eigenvalue weighted by Gasteiger charge is 2.21. The lowest BCUT2D eigenvalue weighted by atomic mass is 10.2. The van der Waals surface area contributed by atoms with E-state index >= 15 is 0 Å². The molecule has 4 rings (SSSR count). The fourth-order valence-corrected chi connectivity index (χ4v) is 3.31. The number of ether oxygens (including phenoxy) is 2. The average molecular weight is 508 g/mol. The van der Waals surface area contributed by atoms with Crippen molar-refractivity contribution in [2.24, 2.45) is 10.7 Å². The number of fused-ring (bicyclic) bond motifs is 1. The lowest BCUT2D eigenvalue weighted by Gasteiger charge is -2.15. The van der Waals surface area contributed by atoms with Gasteiger partial charge in [0.25, 0.3) is 0 Å². The zero-order valence-corrected chi connectivity index (χ0v) is 18.4. The topological polar surface area (TPSA) is 89.2 Å². The number of benzene rings is 2. The summed E-state index contributed by atoms with van der Waals surface area (Å²) in [6, 6.07) is 13.5. The normalized spacial score (nSPS) is 16.2. The zero-order chi connectivity index (χ0) is 19.3. The van der Waals surface area contributed by atoms with Crippen LogP contribution >= 0.6 is 24.0 Å². The minimum Gasteiger partial charge on any atom is -0.490 e. The van der Waals surface area contributed by atoms with Gasteiger partial charge in [0, 0.05) is 36.8 Å². The molecule has 0 aliphatic carbocycles. The second-order valence-corrected chi connectivity index (χ2v) is 6.85. The number of carbonyl (C=O) groups excluding carboxylic acids is 1. The van der Waals surface area contributed by atoms with Crippen LogP contribution < -0.4 is 25.4 Å². The van der Waals surface area contributed by atoms with E-state index in [1.165, 1.54) is 0 Å². The van der Waals surface area contributed by atoms with Crippen LogP contribution in [0.2, 0.25) is 0 Å². The van der Waals surface area contributed by atoms with Gasteiger partial charge >= 0.3 is 0 Å². The lowest BCUT2D eigenvalue weighted by Crippen LogP contribution is -2.23. The highest BCUT2D eigenvalue weighted by Crippen LogP contribution is 2.32. The summed E-state index contributed by atoms with van der Waals surface area (Å²) in [5.41, 5.74) is 8.79. The van der Waals surface area contributed by atoms with Crippen LogP contribution in [-0.4, -0.2) is 31.6 Å². The number of guanidine groups is 1. The zero-order valence-electron chi connectivity index (χ0n) is 16.1. The van der Waals surface area contributed by atoms with Gasteiger partial charge in [0.15, 0.2) is 17.5 Å². The molecule has 0 bridgehead atoms. The number of nitrogens with zero attached hydrogens (tertiary/aromatic N) is 2. The van der Waals surface area contributed by atoms with Gasteiger partial charge in [-0.1, -0.05) is 12.1 Å². The van der Waals surface area contributed by atoms with Crippen molar-refractivity contribution in [1.82, 2.24) is 0 Å². The SMILES string of the molecule is I.NC(=NCc1ccc(N2CCCC2=O)cc1)Nc1ccc2c(c1)OCCCO2. The molecule has 0 aromatic heterocycles. The third-order valence-electron chi connectivity index (χ3n) is 4.77. The average Bonchev–Trinajstić information content (AvgIpc) is 2.99. The fraction of sp³-hybridized carbons (Fsp3) is 0.333. The van der Waals surface area contributed by atoms with E-state index < -0.39 is 0 Å². The smallest absolute Gasteiger partial charge is 0.227 e.